The third-order valence-corrected chi connectivity index (χ3v) is 4.72. The smallest absolute Gasteiger partial charge is 0.322 e. The molecule has 11 heteroatoms. The van der Waals surface area contributed by atoms with Crippen molar-refractivity contribution in [2.24, 2.45) is 5.73 Å². The molecule has 1 aliphatic rings. The molecule has 0 spiro atoms. The standard InChI is InChI=1S/C15H21N3O7S/c16-10(15(24)25)3-4-12(20)18-11(14(23)17-6-13(21)22)7-26-9-2-1-8(19)5-9/h1-2,9-11H,3-7,16H2,(H,17,23)(H,18,20)(H,21,22)(H,24,25)/t9?,10-,11-/m0/s1. The van der Waals surface area contributed by atoms with Gasteiger partial charge < -0.3 is 26.6 Å². The summed E-state index contributed by atoms with van der Waals surface area (Å²) in [5.41, 5.74) is 5.32. The maximum atomic E-state index is 12.1. The molecule has 6 N–H and O–H groups in total. The van der Waals surface area contributed by atoms with Crippen LogP contribution in [0.1, 0.15) is 19.3 Å². The van der Waals surface area contributed by atoms with Crippen LogP contribution in [0.5, 0.6) is 0 Å². The molecule has 1 rings (SSSR count). The maximum Gasteiger partial charge on any atom is 0.322 e. The molecule has 0 fully saturated rings. The first-order valence-electron chi connectivity index (χ1n) is 7.79. The highest BCUT2D eigenvalue weighted by atomic mass is 32.2. The molecule has 0 saturated carbocycles. The molecular formula is C15H21N3O7S. The summed E-state index contributed by atoms with van der Waals surface area (Å²) in [6, 6.07) is -2.21. The fraction of sp³-hybridized carbons (Fsp3) is 0.533. The quantitative estimate of drug-likeness (QED) is 0.282. The Labute approximate surface area is 153 Å². The zero-order valence-corrected chi connectivity index (χ0v) is 14.7. The van der Waals surface area contributed by atoms with E-state index in [1.165, 1.54) is 17.8 Å². The molecule has 1 unspecified atom stereocenters. The van der Waals surface area contributed by atoms with E-state index < -0.39 is 42.4 Å². The summed E-state index contributed by atoms with van der Waals surface area (Å²) in [7, 11) is 0. The Morgan fingerprint density at radius 1 is 1.31 bits per heavy atom. The Balaban J connectivity index is 2.57. The van der Waals surface area contributed by atoms with Crippen LogP contribution in [0.3, 0.4) is 0 Å². The van der Waals surface area contributed by atoms with Crippen LogP contribution in [0.2, 0.25) is 0 Å². The van der Waals surface area contributed by atoms with Gasteiger partial charge in [0.15, 0.2) is 5.78 Å². The molecule has 0 aromatic carbocycles. The fourth-order valence-electron chi connectivity index (χ4n) is 2.03. The van der Waals surface area contributed by atoms with Crippen molar-refractivity contribution in [1.82, 2.24) is 10.6 Å². The van der Waals surface area contributed by atoms with Gasteiger partial charge in [0.1, 0.15) is 18.6 Å². The molecule has 1 aliphatic carbocycles. The number of carboxylic acid groups (broad SMARTS) is 2. The van der Waals surface area contributed by atoms with Gasteiger partial charge in [-0.05, 0) is 12.5 Å². The third-order valence-electron chi connectivity index (χ3n) is 3.44. The minimum atomic E-state index is -1.23. The number of hydrogen-bond acceptors (Lipinski definition) is 7. The van der Waals surface area contributed by atoms with E-state index in [9.17, 15) is 24.0 Å². The summed E-state index contributed by atoms with van der Waals surface area (Å²) >= 11 is 1.28. The van der Waals surface area contributed by atoms with Gasteiger partial charge in [0.2, 0.25) is 11.8 Å². The minimum Gasteiger partial charge on any atom is -0.480 e. The van der Waals surface area contributed by atoms with Crippen molar-refractivity contribution in [3.63, 3.8) is 0 Å². The fourth-order valence-corrected chi connectivity index (χ4v) is 3.17. The van der Waals surface area contributed by atoms with Gasteiger partial charge in [0, 0.05) is 23.8 Å². The first-order valence-corrected chi connectivity index (χ1v) is 8.83. The second-order valence-corrected chi connectivity index (χ2v) is 6.89. The molecular weight excluding hydrogens is 366 g/mol. The highest BCUT2D eigenvalue weighted by Gasteiger charge is 2.25. The molecule has 26 heavy (non-hydrogen) atoms. The molecule has 0 radical (unpaired) electrons. The number of nitrogens with two attached hydrogens (primary N) is 1. The molecule has 0 aliphatic heterocycles. The Morgan fingerprint density at radius 3 is 2.54 bits per heavy atom. The van der Waals surface area contributed by atoms with Crippen molar-refractivity contribution in [2.75, 3.05) is 12.3 Å². The van der Waals surface area contributed by atoms with E-state index >= 15 is 0 Å². The first-order chi connectivity index (χ1) is 12.2. The lowest BCUT2D eigenvalue weighted by molar-refractivity contribution is -0.139. The van der Waals surface area contributed by atoms with Gasteiger partial charge in [-0.1, -0.05) is 6.08 Å². The van der Waals surface area contributed by atoms with Crippen LogP contribution in [0.25, 0.3) is 0 Å². The lowest BCUT2D eigenvalue weighted by Gasteiger charge is -2.19. The van der Waals surface area contributed by atoms with E-state index in [2.05, 4.69) is 10.6 Å². The van der Waals surface area contributed by atoms with E-state index in [0.29, 0.717) is 6.42 Å². The number of amides is 2. The number of allylic oxidation sites excluding steroid dienone is 1. The van der Waals surface area contributed by atoms with Crippen LogP contribution >= 0.6 is 11.8 Å². The zero-order valence-electron chi connectivity index (χ0n) is 13.8. The number of thioether (sulfide) groups is 1. The summed E-state index contributed by atoms with van der Waals surface area (Å²) in [5, 5.41) is 21.8. The number of nitrogens with one attached hydrogen (secondary N) is 2. The molecule has 10 nitrogen and oxygen atoms in total. The van der Waals surface area contributed by atoms with E-state index in [0.717, 1.165) is 0 Å². The summed E-state index contributed by atoms with van der Waals surface area (Å²) in [5.74, 6) is -3.61. The van der Waals surface area contributed by atoms with Gasteiger partial charge in [-0.2, -0.15) is 11.8 Å². The zero-order chi connectivity index (χ0) is 19.7. The van der Waals surface area contributed by atoms with Crippen LogP contribution in [-0.2, 0) is 24.0 Å². The summed E-state index contributed by atoms with van der Waals surface area (Å²) in [6.07, 6.45) is 3.16. The Morgan fingerprint density at radius 2 is 2.00 bits per heavy atom. The number of carboxylic acids is 2. The maximum absolute atomic E-state index is 12.1. The van der Waals surface area contributed by atoms with E-state index in [1.54, 1.807) is 6.08 Å². The monoisotopic (exact) mass is 387 g/mol. The number of aliphatic carboxylic acids is 2. The summed E-state index contributed by atoms with van der Waals surface area (Å²) < 4.78 is 0. The average molecular weight is 387 g/mol. The van der Waals surface area contributed by atoms with Gasteiger partial charge in [0.05, 0.1) is 0 Å². The number of ketones is 1. The third kappa shape index (κ3) is 8.12. The van der Waals surface area contributed by atoms with Crippen molar-refractivity contribution >= 4 is 41.3 Å². The van der Waals surface area contributed by atoms with Crippen molar-refractivity contribution in [3.05, 3.63) is 12.2 Å². The van der Waals surface area contributed by atoms with E-state index in [4.69, 9.17) is 15.9 Å². The van der Waals surface area contributed by atoms with Crippen LogP contribution in [0.15, 0.2) is 12.2 Å². The molecule has 144 valence electrons. The van der Waals surface area contributed by atoms with Gasteiger partial charge in [-0.3, -0.25) is 24.0 Å². The normalized spacial score (nSPS) is 18.2. The molecule has 0 heterocycles. The van der Waals surface area contributed by atoms with Gasteiger partial charge in [-0.25, -0.2) is 0 Å². The second-order valence-electron chi connectivity index (χ2n) is 5.62. The largest absolute Gasteiger partial charge is 0.480 e. The van der Waals surface area contributed by atoms with E-state index in [-0.39, 0.29) is 29.6 Å². The molecule has 3 atom stereocenters. The predicted octanol–water partition coefficient (Wildman–Crippen LogP) is -1.51. The van der Waals surface area contributed by atoms with Crippen molar-refractivity contribution in [3.8, 4) is 0 Å². The molecule has 0 aromatic rings. The van der Waals surface area contributed by atoms with Gasteiger partial charge in [-0.15, -0.1) is 0 Å². The average Bonchev–Trinajstić information content (AvgIpc) is 2.99. The lowest BCUT2D eigenvalue weighted by Crippen LogP contribution is -2.49. The minimum absolute atomic E-state index is 0.0268. The van der Waals surface area contributed by atoms with Crippen molar-refractivity contribution < 1.29 is 34.2 Å². The first kappa shape index (κ1) is 21.6. The van der Waals surface area contributed by atoms with Crippen LogP contribution < -0.4 is 16.4 Å². The topological polar surface area (TPSA) is 176 Å². The summed E-state index contributed by atoms with van der Waals surface area (Å²) in [4.78, 5) is 56.5. The van der Waals surface area contributed by atoms with Gasteiger partial charge in [0.25, 0.3) is 0 Å². The molecule has 0 saturated heterocycles. The highest BCUT2D eigenvalue weighted by Crippen LogP contribution is 2.22. The van der Waals surface area contributed by atoms with Crippen LogP contribution in [0.4, 0.5) is 0 Å². The predicted molar refractivity (Wildman–Crippen MR) is 92.4 cm³/mol. The number of hydrogen-bond donors (Lipinski definition) is 5. The Bertz CT molecular complexity index is 608. The SMILES string of the molecule is N[C@@H](CCC(=O)N[C@@H](CSC1C=CC(=O)C1)C(=O)NCC(=O)O)C(=O)O. The second kappa shape index (κ2) is 10.6. The molecule has 0 aromatic heterocycles. The number of rotatable bonds is 11. The molecule has 0 bridgehead atoms. The lowest BCUT2D eigenvalue weighted by atomic mass is 10.1. The Kier molecular flexibility index (Phi) is 8.79. The van der Waals surface area contributed by atoms with Crippen LogP contribution in [-0.4, -0.2) is 69.4 Å². The molecule has 2 amide bonds. The number of carbonyl (C=O) groups excluding carboxylic acids is 3. The van der Waals surface area contributed by atoms with Crippen LogP contribution in [0, 0.1) is 0 Å². The van der Waals surface area contributed by atoms with Crippen molar-refractivity contribution in [2.45, 2.75) is 36.6 Å². The van der Waals surface area contributed by atoms with E-state index in [1.807, 2.05) is 0 Å². The van der Waals surface area contributed by atoms with Crippen molar-refractivity contribution in [1.29, 1.82) is 0 Å². The Hall–Kier alpha value is -2.40. The summed E-state index contributed by atoms with van der Waals surface area (Å²) in [6.45, 7) is -0.596. The van der Waals surface area contributed by atoms with Gasteiger partial charge >= 0.3 is 11.9 Å². The number of carbonyl (C=O) groups is 5. The highest BCUT2D eigenvalue weighted by molar-refractivity contribution is 8.00.